The average molecular weight is 447 g/mol. The Kier molecular flexibility index (Phi) is 5.55. The zero-order valence-electron chi connectivity index (χ0n) is 18.1. The zero-order valence-corrected chi connectivity index (χ0v) is 18.1. The summed E-state index contributed by atoms with van der Waals surface area (Å²) in [5.41, 5.74) is 2.64. The second-order valence-corrected chi connectivity index (χ2v) is 7.82. The minimum atomic E-state index is -0.363. The van der Waals surface area contributed by atoms with Crippen LogP contribution in [0.2, 0.25) is 0 Å². The van der Waals surface area contributed by atoms with Crippen LogP contribution in [-0.4, -0.2) is 68.6 Å². The normalized spacial score (nSPS) is 14.0. The van der Waals surface area contributed by atoms with E-state index in [4.69, 9.17) is 4.74 Å². The topological polar surface area (TPSA) is 89.3 Å². The van der Waals surface area contributed by atoms with Gasteiger partial charge in [-0.25, -0.2) is 14.4 Å². The monoisotopic (exact) mass is 447 g/mol. The molecule has 2 aromatic carbocycles. The number of carbonyl (C=O) groups excluding carboxylic acids is 1. The highest BCUT2D eigenvalue weighted by Gasteiger charge is 2.25. The molecule has 1 amide bonds. The molecule has 4 aromatic rings. The lowest BCUT2D eigenvalue weighted by Crippen LogP contribution is -2.50. The Morgan fingerprint density at radius 1 is 1.06 bits per heavy atom. The first-order valence-corrected chi connectivity index (χ1v) is 10.6. The molecule has 0 atom stereocenters. The fourth-order valence-electron chi connectivity index (χ4n) is 3.86. The molecule has 1 fully saturated rings. The smallest absolute Gasteiger partial charge is 0.260 e. The number of hydrogen-bond donors (Lipinski definition) is 0. The Morgan fingerprint density at radius 2 is 1.88 bits per heavy atom. The van der Waals surface area contributed by atoms with Crippen LogP contribution in [0, 0.1) is 12.7 Å². The van der Waals surface area contributed by atoms with Crippen molar-refractivity contribution in [1.82, 2.24) is 29.9 Å². The molecule has 168 valence electrons. The number of nitrogens with zero attached hydrogens (tertiary/aromatic N) is 7. The molecule has 10 heteroatoms. The molecule has 0 radical (unpaired) electrons. The molecular weight excluding hydrogens is 425 g/mol. The fraction of sp³-hybridized carbons (Fsp3) is 0.261. The lowest BCUT2D eigenvalue weighted by molar-refractivity contribution is -0.133. The lowest BCUT2D eigenvalue weighted by atomic mass is 10.2. The van der Waals surface area contributed by atoms with Gasteiger partial charge < -0.3 is 14.5 Å². The van der Waals surface area contributed by atoms with Crippen molar-refractivity contribution >= 4 is 22.9 Å². The van der Waals surface area contributed by atoms with Crippen LogP contribution in [0.3, 0.4) is 0 Å². The van der Waals surface area contributed by atoms with E-state index in [0.717, 1.165) is 5.56 Å². The Morgan fingerprint density at radius 3 is 2.67 bits per heavy atom. The van der Waals surface area contributed by atoms with Gasteiger partial charge in [-0.1, -0.05) is 23.4 Å². The number of hydrogen-bond acceptors (Lipinski definition) is 7. The molecule has 0 spiro atoms. The van der Waals surface area contributed by atoms with E-state index in [-0.39, 0.29) is 18.3 Å². The zero-order chi connectivity index (χ0) is 22.8. The molecule has 0 saturated carbocycles. The molecule has 1 aliphatic rings. The van der Waals surface area contributed by atoms with E-state index in [1.807, 2.05) is 31.2 Å². The van der Waals surface area contributed by atoms with Gasteiger partial charge in [-0.2, -0.15) is 4.68 Å². The number of piperazine rings is 1. The number of halogens is 1. The second kappa shape index (κ2) is 8.81. The second-order valence-electron chi connectivity index (χ2n) is 7.82. The Labute approximate surface area is 189 Å². The third-order valence-electron chi connectivity index (χ3n) is 5.55. The maximum Gasteiger partial charge on any atom is 0.260 e. The summed E-state index contributed by atoms with van der Waals surface area (Å²) in [4.78, 5) is 25.1. The van der Waals surface area contributed by atoms with Gasteiger partial charge in [-0.05, 0) is 42.8 Å². The number of rotatable bonds is 5. The van der Waals surface area contributed by atoms with E-state index in [2.05, 4.69) is 25.2 Å². The van der Waals surface area contributed by atoms with Crippen LogP contribution in [0.25, 0.3) is 16.9 Å². The van der Waals surface area contributed by atoms with Crippen LogP contribution in [0.1, 0.15) is 5.56 Å². The van der Waals surface area contributed by atoms with E-state index < -0.39 is 0 Å². The average Bonchev–Trinajstić information content (AvgIpc) is 3.27. The van der Waals surface area contributed by atoms with Crippen LogP contribution < -0.4 is 9.64 Å². The minimum Gasteiger partial charge on any atom is -0.484 e. The van der Waals surface area contributed by atoms with Crippen molar-refractivity contribution in [2.75, 3.05) is 37.7 Å². The van der Waals surface area contributed by atoms with Crippen molar-refractivity contribution in [2.45, 2.75) is 6.92 Å². The van der Waals surface area contributed by atoms with Crippen molar-refractivity contribution in [3.63, 3.8) is 0 Å². The summed E-state index contributed by atoms with van der Waals surface area (Å²) < 4.78 is 20.8. The number of aryl methyl sites for hydroxylation is 1. The van der Waals surface area contributed by atoms with Crippen molar-refractivity contribution in [3.05, 3.63) is 66.2 Å². The summed E-state index contributed by atoms with van der Waals surface area (Å²) in [6, 6.07) is 13.7. The number of ether oxygens (including phenoxy) is 1. The summed E-state index contributed by atoms with van der Waals surface area (Å²) in [7, 11) is 0. The van der Waals surface area contributed by atoms with Gasteiger partial charge in [0.05, 0.1) is 5.69 Å². The third kappa shape index (κ3) is 4.32. The van der Waals surface area contributed by atoms with Gasteiger partial charge in [0.15, 0.2) is 23.6 Å². The van der Waals surface area contributed by atoms with Crippen molar-refractivity contribution < 1.29 is 13.9 Å². The van der Waals surface area contributed by atoms with Gasteiger partial charge in [-0.15, -0.1) is 5.10 Å². The molecule has 1 saturated heterocycles. The molecule has 1 aliphatic heterocycles. The third-order valence-corrected chi connectivity index (χ3v) is 5.55. The van der Waals surface area contributed by atoms with Crippen LogP contribution in [0.15, 0.2) is 54.9 Å². The van der Waals surface area contributed by atoms with Crippen LogP contribution in [0.5, 0.6) is 5.75 Å². The van der Waals surface area contributed by atoms with Gasteiger partial charge in [-0.3, -0.25) is 4.79 Å². The molecule has 3 heterocycles. The van der Waals surface area contributed by atoms with E-state index in [0.29, 0.717) is 54.6 Å². The number of aromatic nitrogens is 5. The molecule has 0 aliphatic carbocycles. The lowest BCUT2D eigenvalue weighted by Gasteiger charge is -2.35. The van der Waals surface area contributed by atoms with Crippen molar-refractivity contribution in [1.29, 1.82) is 0 Å². The van der Waals surface area contributed by atoms with Gasteiger partial charge in [0.25, 0.3) is 5.91 Å². The molecule has 0 bridgehead atoms. The molecule has 33 heavy (non-hydrogen) atoms. The van der Waals surface area contributed by atoms with E-state index >= 15 is 0 Å². The largest absolute Gasteiger partial charge is 0.484 e. The molecule has 0 unspecified atom stereocenters. The standard InChI is InChI=1S/C23H22FN7O2/c1-16-4-2-7-19(12-16)33-14-20(32)29-8-10-30(11-9-29)22-21-23(26-15-25-22)31(28-27-21)18-6-3-5-17(24)13-18/h2-7,12-13,15H,8-11,14H2,1H3. The summed E-state index contributed by atoms with van der Waals surface area (Å²) in [5.74, 6) is 0.913. The quantitative estimate of drug-likeness (QED) is 0.464. The summed E-state index contributed by atoms with van der Waals surface area (Å²) in [6.07, 6.45) is 1.45. The number of carbonyl (C=O) groups is 1. The van der Waals surface area contributed by atoms with E-state index in [1.165, 1.54) is 23.1 Å². The van der Waals surface area contributed by atoms with Gasteiger partial charge >= 0.3 is 0 Å². The van der Waals surface area contributed by atoms with Gasteiger partial charge in [0.2, 0.25) is 0 Å². The maximum atomic E-state index is 13.7. The maximum absolute atomic E-state index is 13.7. The first-order valence-electron chi connectivity index (χ1n) is 10.6. The van der Waals surface area contributed by atoms with Crippen molar-refractivity contribution in [3.8, 4) is 11.4 Å². The number of anilines is 1. The van der Waals surface area contributed by atoms with Crippen molar-refractivity contribution in [2.24, 2.45) is 0 Å². The Hall–Kier alpha value is -4.08. The Bertz CT molecular complexity index is 1300. The van der Waals surface area contributed by atoms with Crippen LogP contribution >= 0.6 is 0 Å². The molecule has 9 nitrogen and oxygen atoms in total. The number of benzene rings is 2. The van der Waals surface area contributed by atoms with Crippen LogP contribution in [-0.2, 0) is 4.79 Å². The highest BCUT2D eigenvalue weighted by molar-refractivity contribution is 5.84. The summed E-state index contributed by atoms with van der Waals surface area (Å²) in [6.45, 7) is 4.25. The van der Waals surface area contributed by atoms with Crippen LogP contribution in [0.4, 0.5) is 10.2 Å². The molecule has 5 rings (SSSR count). The first-order chi connectivity index (χ1) is 16.1. The summed E-state index contributed by atoms with van der Waals surface area (Å²) >= 11 is 0. The van der Waals surface area contributed by atoms with E-state index in [9.17, 15) is 9.18 Å². The first kappa shape index (κ1) is 20.8. The predicted molar refractivity (Wildman–Crippen MR) is 120 cm³/mol. The van der Waals surface area contributed by atoms with Gasteiger partial charge in [0, 0.05) is 26.2 Å². The molecular formula is C23H22FN7O2. The predicted octanol–water partition coefficient (Wildman–Crippen LogP) is 2.39. The minimum absolute atomic E-state index is 0.00314. The van der Waals surface area contributed by atoms with E-state index in [1.54, 1.807) is 17.0 Å². The fourth-order valence-corrected chi connectivity index (χ4v) is 3.86. The highest BCUT2D eigenvalue weighted by atomic mass is 19.1. The SMILES string of the molecule is Cc1cccc(OCC(=O)N2CCN(c3ncnc4c3nnn4-c3cccc(F)c3)CC2)c1. The number of amides is 1. The molecule has 2 aromatic heterocycles. The molecule has 0 N–H and O–H groups in total. The van der Waals surface area contributed by atoms with Gasteiger partial charge in [0.1, 0.15) is 17.9 Å². The summed E-state index contributed by atoms with van der Waals surface area (Å²) in [5, 5.41) is 8.40. The number of fused-ring (bicyclic) bond motifs is 1. The Balaban J connectivity index is 1.26. The highest BCUT2D eigenvalue weighted by Crippen LogP contribution is 2.24.